The summed E-state index contributed by atoms with van der Waals surface area (Å²) in [7, 11) is 2.15. The molecule has 0 saturated heterocycles. The molecule has 0 amide bonds. The molecule has 2 heterocycles. The lowest BCUT2D eigenvalue weighted by Gasteiger charge is -2.22. The zero-order valence-electron chi connectivity index (χ0n) is 13.6. The lowest BCUT2D eigenvalue weighted by Crippen LogP contribution is -2.10. The number of benzene rings is 1. The van der Waals surface area contributed by atoms with Gasteiger partial charge in [0.25, 0.3) is 0 Å². The van der Waals surface area contributed by atoms with Gasteiger partial charge in [-0.05, 0) is 60.3 Å². The fourth-order valence-corrected chi connectivity index (χ4v) is 3.10. The summed E-state index contributed by atoms with van der Waals surface area (Å²) in [5.41, 5.74) is 4.15. The van der Waals surface area contributed by atoms with E-state index in [1.165, 1.54) is 0 Å². The topological polar surface area (TPSA) is 42.4 Å². The Morgan fingerprint density at radius 3 is 3.04 bits per heavy atom. The van der Waals surface area contributed by atoms with Crippen LogP contribution in [-0.2, 0) is 6.42 Å². The first-order valence-corrected chi connectivity index (χ1v) is 8.22. The number of ether oxygens (including phenoxy) is 1. The minimum atomic E-state index is 0.274. The summed E-state index contributed by atoms with van der Waals surface area (Å²) >= 11 is 0. The van der Waals surface area contributed by atoms with E-state index in [1.807, 2.05) is 30.5 Å². The molecule has 0 aliphatic carbocycles. The first kappa shape index (κ1) is 15.7. The van der Waals surface area contributed by atoms with Crippen LogP contribution in [0.2, 0.25) is 0 Å². The van der Waals surface area contributed by atoms with Crippen molar-refractivity contribution in [1.29, 1.82) is 0 Å². The molecule has 3 nitrogen and oxygen atoms in total. The number of phenolic OH excluding ortho intramolecular Hbond substituents is 1. The molecule has 1 aliphatic heterocycles. The molecule has 118 valence electrons. The van der Waals surface area contributed by atoms with Crippen molar-refractivity contribution < 1.29 is 9.84 Å². The minimum Gasteiger partial charge on any atom is -0.507 e. The van der Waals surface area contributed by atoms with Crippen LogP contribution in [0.15, 0.2) is 43.2 Å². The van der Waals surface area contributed by atoms with E-state index < -0.39 is 0 Å². The van der Waals surface area contributed by atoms with Crippen LogP contribution in [0.3, 0.4) is 0 Å². The number of aromatic hydroxyl groups is 1. The quantitative estimate of drug-likeness (QED) is 0.862. The van der Waals surface area contributed by atoms with Crippen LogP contribution < -0.4 is 4.74 Å². The van der Waals surface area contributed by atoms with Gasteiger partial charge < -0.3 is 9.84 Å². The second kappa shape index (κ2) is 6.90. The summed E-state index contributed by atoms with van der Waals surface area (Å²) in [5, 5.41) is 10.6. The molecule has 0 saturated carbocycles. The maximum Gasteiger partial charge on any atom is 0.126 e. The number of hydrogen-bond acceptors (Lipinski definition) is 3. The summed E-state index contributed by atoms with van der Waals surface area (Å²) in [6, 6.07) is 7.96. The van der Waals surface area contributed by atoms with Crippen molar-refractivity contribution in [1.82, 2.24) is 4.98 Å². The molecule has 1 unspecified atom stereocenters. The Hall–Kier alpha value is -2.23. The predicted octanol–water partition coefficient (Wildman–Crippen LogP) is 3.28. The van der Waals surface area contributed by atoms with Crippen LogP contribution in [0.1, 0.15) is 41.8 Å². The van der Waals surface area contributed by atoms with E-state index >= 15 is 0 Å². The summed E-state index contributed by atoms with van der Waals surface area (Å²) in [6.07, 6.45) is 7.31. The second-order valence-electron chi connectivity index (χ2n) is 6.22. The summed E-state index contributed by atoms with van der Waals surface area (Å²) < 4.78 is 5.61. The molecule has 1 aliphatic rings. The molecule has 23 heavy (non-hydrogen) atoms. The molecule has 1 N–H and O–H groups in total. The Morgan fingerprint density at radius 2 is 2.26 bits per heavy atom. The molecule has 1 aromatic heterocycles. The van der Waals surface area contributed by atoms with Gasteiger partial charge in [0.05, 0.1) is 6.61 Å². The molecule has 0 bridgehead atoms. The molecule has 1 atom stereocenters. The van der Waals surface area contributed by atoms with Crippen molar-refractivity contribution in [3.8, 4) is 11.5 Å². The number of rotatable bonds is 5. The fraction of sp³-hybridized carbons (Fsp3) is 0.316. The van der Waals surface area contributed by atoms with Crippen molar-refractivity contribution in [3.05, 3.63) is 59.9 Å². The summed E-state index contributed by atoms with van der Waals surface area (Å²) in [5.74, 6) is 1.53. The zero-order chi connectivity index (χ0) is 16.2. The van der Waals surface area contributed by atoms with Crippen molar-refractivity contribution in [2.45, 2.75) is 31.5 Å². The lowest BCUT2D eigenvalue weighted by atomic mass is 9.75. The Labute approximate surface area is 138 Å². The SMILES string of the molecule is BC(CCC(=C)c1cccnc1)c1ccc2c(c1O)CCCO2. The van der Waals surface area contributed by atoms with E-state index in [9.17, 15) is 5.11 Å². The molecular weight excluding hydrogens is 285 g/mol. The Morgan fingerprint density at radius 1 is 1.39 bits per heavy atom. The number of hydrogen-bond donors (Lipinski definition) is 1. The monoisotopic (exact) mass is 307 g/mol. The standard InChI is InChI=1S/C19H22BNO2/c1-13(14-4-2-10-21-12-14)6-8-17(20)15-7-9-18-16(19(15)22)5-3-11-23-18/h2,4,7,9-10,12,17,22H,1,3,5-6,8,11,20H2. The molecule has 0 spiro atoms. The molecular formula is C19H22BNO2. The Kier molecular flexibility index (Phi) is 4.70. The highest BCUT2D eigenvalue weighted by molar-refractivity contribution is 6.12. The number of nitrogens with zero attached hydrogens (tertiary/aromatic N) is 1. The molecule has 1 aromatic carbocycles. The zero-order valence-corrected chi connectivity index (χ0v) is 13.6. The van der Waals surface area contributed by atoms with Crippen LogP contribution in [-0.4, -0.2) is 24.5 Å². The third-order valence-corrected chi connectivity index (χ3v) is 4.58. The third-order valence-electron chi connectivity index (χ3n) is 4.58. The van der Waals surface area contributed by atoms with Gasteiger partial charge in [-0.15, -0.1) is 0 Å². The van der Waals surface area contributed by atoms with Gasteiger partial charge in [0.15, 0.2) is 0 Å². The smallest absolute Gasteiger partial charge is 0.126 e. The van der Waals surface area contributed by atoms with E-state index in [0.717, 1.165) is 60.3 Å². The van der Waals surface area contributed by atoms with Crippen LogP contribution in [0, 0.1) is 0 Å². The molecule has 4 heteroatoms. The highest BCUT2D eigenvalue weighted by atomic mass is 16.5. The first-order valence-electron chi connectivity index (χ1n) is 8.22. The number of allylic oxidation sites excluding steroid dienone is 1. The van der Waals surface area contributed by atoms with E-state index in [1.54, 1.807) is 6.20 Å². The highest BCUT2D eigenvalue weighted by Gasteiger charge is 2.20. The van der Waals surface area contributed by atoms with Crippen LogP contribution in [0.4, 0.5) is 0 Å². The normalized spacial score (nSPS) is 14.6. The van der Waals surface area contributed by atoms with E-state index in [-0.39, 0.29) is 5.82 Å². The van der Waals surface area contributed by atoms with Gasteiger partial charge >= 0.3 is 0 Å². The molecule has 0 radical (unpaired) electrons. The Bertz CT molecular complexity index is 700. The van der Waals surface area contributed by atoms with Gasteiger partial charge in [-0.25, -0.2) is 0 Å². The average molecular weight is 307 g/mol. The molecule has 0 fully saturated rings. The van der Waals surface area contributed by atoms with Gasteiger partial charge in [0, 0.05) is 18.0 Å². The third kappa shape index (κ3) is 3.41. The number of phenols is 1. The van der Waals surface area contributed by atoms with Gasteiger partial charge in [0.1, 0.15) is 19.3 Å². The van der Waals surface area contributed by atoms with E-state index in [0.29, 0.717) is 5.75 Å². The predicted molar refractivity (Wildman–Crippen MR) is 95.7 cm³/mol. The van der Waals surface area contributed by atoms with Crippen LogP contribution in [0.5, 0.6) is 11.5 Å². The maximum atomic E-state index is 10.6. The summed E-state index contributed by atoms with van der Waals surface area (Å²) in [6.45, 7) is 4.90. The minimum absolute atomic E-state index is 0.274. The average Bonchev–Trinajstić information content (AvgIpc) is 2.60. The maximum absolute atomic E-state index is 10.6. The van der Waals surface area contributed by atoms with Crippen molar-refractivity contribution >= 4 is 13.4 Å². The lowest BCUT2D eigenvalue weighted by molar-refractivity contribution is 0.283. The first-order chi connectivity index (χ1) is 11.2. The van der Waals surface area contributed by atoms with Crippen LogP contribution >= 0.6 is 0 Å². The van der Waals surface area contributed by atoms with Gasteiger partial charge in [0.2, 0.25) is 0 Å². The van der Waals surface area contributed by atoms with Crippen LogP contribution in [0.25, 0.3) is 5.57 Å². The van der Waals surface area contributed by atoms with Gasteiger partial charge in [-0.2, -0.15) is 0 Å². The molecule has 2 aromatic rings. The van der Waals surface area contributed by atoms with Crippen molar-refractivity contribution in [2.24, 2.45) is 0 Å². The number of pyridine rings is 1. The van der Waals surface area contributed by atoms with Crippen molar-refractivity contribution in [2.75, 3.05) is 6.61 Å². The van der Waals surface area contributed by atoms with Gasteiger partial charge in [-0.1, -0.05) is 18.7 Å². The number of aromatic nitrogens is 1. The highest BCUT2D eigenvalue weighted by Crippen LogP contribution is 2.39. The largest absolute Gasteiger partial charge is 0.507 e. The van der Waals surface area contributed by atoms with E-state index in [2.05, 4.69) is 19.4 Å². The van der Waals surface area contributed by atoms with E-state index in [4.69, 9.17) is 4.74 Å². The van der Waals surface area contributed by atoms with Gasteiger partial charge in [-0.3, -0.25) is 4.98 Å². The summed E-state index contributed by atoms with van der Waals surface area (Å²) in [4.78, 5) is 4.14. The van der Waals surface area contributed by atoms with Crippen molar-refractivity contribution in [3.63, 3.8) is 0 Å². The molecule has 3 rings (SSSR count). The second-order valence-corrected chi connectivity index (χ2v) is 6.22. The Balaban J connectivity index is 1.69. The fourth-order valence-electron chi connectivity index (χ4n) is 3.10. The number of fused-ring (bicyclic) bond motifs is 1.